The summed E-state index contributed by atoms with van der Waals surface area (Å²) in [4.78, 5) is 39.4. The van der Waals surface area contributed by atoms with Crippen LogP contribution in [0.2, 0.25) is 0 Å². The Labute approximate surface area is 157 Å². The molecule has 10 heteroatoms. The zero-order valence-corrected chi connectivity index (χ0v) is 16.2. The van der Waals surface area contributed by atoms with Gasteiger partial charge in [0.25, 0.3) is 5.56 Å². The second-order valence-corrected chi connectivity index (χ2v) is 7.24. The maximum Gasteiger partial charge on any atom is 0.509 e. The Morgan fingerprint density at radius 2 is 2.19 bits per heavy atom. The molecule has 2 rings (SSSR count). The van der Waals surface area contributed by atoms with E-state index in [1.165, 1.54) is 21.8 Å². The zero-order chi connectivity index (χ0) is 19.5. The Morgan fingerprint density at radius 1 is 1.50 bits per heavy atom. The highest BCUT2D eigenvalue weighted by atomic mass is 79.9. The molecule has 0 spiro atoms. The Hall–Kier alpha value is -1.91. The van der Waals surface area contributed by atoms with Crippen molar-refractivity contribution in [1.29, 1.82) is 0 Å². The highest BCUT2D eigenvalue weighted by molar-refractivity contribution is 9.11. The molecule has 0 saturated carbocycles. The molecule has 0 bridgehead atoms. The number of aromatic amines is 1. The molecule has 1 saturated heterocycles. The Kier molecular flexibility index (Phi) is 6.43. The number of aliphatic hydroxyl groups excluding tert-OH is 1. The molecule has 1 fully saturated rings. The van der Waals surface area contributed by atoms with Crippen LogP contribution in [0.4, 0.5) is 4.79 Å². The van der Waals surface area contributed by atoms with Crippen molar-refractivity contribution in [2.24, 2.45) is 0 Å². The standard InChI is InChI=1S/C16H21BrN2O7/c1-16(2,3)26-15(23)25-10-6-12(24-11(10)8-20)19-7-9(4-5-17)13(21)18-14(19)22/h4-5,7,10-12,20H,6,8H2,1-3H3,(H,18,21,22)/t10-,11+,12+/m0/s1. The molecule has 2 heterocycles. The van der Waals surface area contributed by atoms with Gasteiger partial charge in [-0.25, -0.2) is 9.59 Å². The minimum Gasteiger partial charge on any atom is -0.429 e. The van der Waals surface area contributed by atoms with Crippen LogP contribution < -0.4 is 11.2 Å². The van der Waals surface area contributed by atoms with Gasteiger partial charge in [0.2, 0.25) is 0 Å². The van der Waals surface area contributed by atoms with E-state index >= 15 is 0 Å². The molecule has 0 amide bonds. The Morgan fingerprint density at radius 3 is 2.77 bits per heavy atom. The molecule has 0 unspecified atom stereocenters. The molecule has 2 N–H and O–H groups in total. The molecule has 0 aliphatic carbocycles. The van der Waals surface area contributed by atoms with Crippen LogP contribution in [0, 0.1) is 0 Å². The molecule has 144 valence electrons. The summed E-state index contributed by atoms with van der Waals surface area (Å²) in [6.45, 7) is 4.69. The van der Waals surface area contributed by atoms with Gasteiger partial charge in [-0.3, -0.25) is 14.3 Å². The van der Waals surface area contributed by atoms with Crippen LogP contribution in [-0.2, 0) is 14.2 Å². The lowest BCUT2D eigenvalue weighted by atomic mass is 10.2. The second-order valence-electron chi connectivity index (χ2n) is 6.71. The number of aliphatic hydroxyl groups is 1. The summed E-state index contributed by atoms with van der Waals surface area (Å²) in [5, 5.41) is 9.48. The summed E-state index contributed by atoms with van der Waals surface area (Å²) in [5.41, 5.74) is -1.69. The number of carbonyl (C=O) groups excluding carboxylic acids is 1. The molecule has 1 aromatic heterocycles. The molecule has 1 aliphatic heterocycles. The van der Waals surface area contributed by atoms with Gasteiger partial charge in [-0.05, 0) is 31.8 Å². The fourth-order valence-electron chi connectivity index (χ4n) is 2.46. The highest BCUT2D eigenvalue weighted by Gasteiger charge is 2.40. The Balaban J connectivity index is 2.21. The number of carbonyl (C=O) groups is 1. The molecule has 9 nitrogen and oxygen atoms in total. The van der Waals surface area contributed by atoms with Crippen LogP contribution in [0.15, 0.2) is 20.8 Å². The van der Waals surface area contributed by atoms with E-state index in [1.54, 1.807) is 20.8 Å². The number of halogens is 1. The van der Waals surface area contributed by atoms with Crippen molar-refractivity contribution in [2.45, 2.75) is 51.2 Å². The van der Waals surface area contributed by atoms with Gasteiger partial charge >= 0.3 is 11.8 Å². The quantitative estimate of drug-likeness (QED) is 0.691. The number of nitrogens with one attached hydrogen (secondary N) is 1. The van der Waals surface area contributed by atoms with E-state index in [-0.39, 0.29) is 12.0 Å². The van der Waals surface area contributed by atoms with E-state index < -0.39 is 48.0 Å². The van der Waals surface area contributed by atoms with Crippen LogP contribution in [0.5, 0.6) is 0 Å². The SMILES string of the molecule is CC(C)(C)OC(=O)O[C@H]1C[C@H](n2cc(C=CBr)c(=O)[nH]c2=O)O[C@@H]1CO. The van der Waals surface area contributed by atoms with Gasteiger partial charge < -0.3 is 19.3 Å². The molecule has 3 atom stereocenters. The highest BCUT2D eigenvalue weighted by Crippen LogP contribution is 2.30. The number of nitrogens with zero attached hydrogens (tertiary/aromatic N) is 1. The largest absolute Gasteiger partial charge is 0.509 e. The second kappa shape index (κ2) is 8.19. The molecule has 0 aromatic carbocycles. The first-order valence-electron chi connectivity index (χ1n) is 7.93. The third kappa shape index (κ3) is 5.05. The van der Waals surface area contributed by atoms with Gasteiger partial charge in [-0.2, -0.15) is 0 Å². The van der Waals surface area contributed by atoms with Crippen LogP contribution in [0.25, 0.3) is 6.08 Å². The first-order valence-corrected chi connectivity index (χ1v) is 8.84. The fourth-order valence-corrected chi connectivity index (χ4v) is 2.74. The Bertz CT molecular complexity index is 793. The van der Waals surface area contributed by atoms with Gasteiger partial charge in [0, 0.05) is 12.6 Å². The maximum atomic E-state index is 12.1. The van der Waals surface area contributed by atoms with Gasteiger partial charge in [-0.15, -0.1) is 0 Å². The summed E-state index contributed by atoms with van der Waals surface area (Å²) in [6.07, 6.45) is -0.382. The van der Waals surface area contributed by atoms with E-state index in [4.69, 9.17) is 14.2 Å². The van der Waals surface area contributed by atoms with Crippen LogP contribution in [-0.4, -0.2) is 45.2 Å². The third-order valence-electron chi connectivity index (χ3n) is 3.55. The average Bonchev–Trinajstić information content (AvgIpc) is 2.90. The first kappa shape index (κ1) is 20.4. The van der Waals surface area contributed by atoms with Crippen molar-refractivity contribution >= 4 is 28.2 Å². The number of hydrogen-bond donors (Lipinski definition) is 2. The van der Waals surface area contributed by atoms with Gasteiger partial charge in [0.1, 0.15) is 24.0 Å². The summed E-state index contributed by atoms with van der Waals surface area (Å²) < 4.78 is 17.1. The zero-order valence-electron chi connectivity index (χ0n) is 14.6. The van der Waals surface area contributed by atoms with E-state index in [0.717, 1.165) is 0 Å². The van der Waals surface area contributed by atoms with E-state index in [9.17, 15) is 19.5 Å². The molecule has 1 aliphatic rings. The number of aromatic nitrogens is 2. The van der Waals surface area contributed by atoms with Crippen LogP contribution in [0.1, 0.15) is 39.0 Å². The van der Waals surface area contributed by atoms with Gasteiger partial charge in [0.05, 0.1) is 12.2 Å². The predicted molar refractivity (Wildman–Crippen MR) is 96.0 cm³/mol. The van der Waals surface area contributed by atoms with Crippen molar-refractivity contribution in [3.63, 3.8) is 0 Å². The lowest BCUT2D eigenvalue weighted by Gasteiger charge is -2.22. The molecule has 0 radical (unpaired) electrons. The van der Waals surface area contributed by atoms with E-state index in [1.807, 2.05) is 0 Å². The lowest BCUT2D eigenvalue weighted by molar-refractivity contribution is -0.0689. The van der Waals surface area contributed by atoms with Crippen molar-refractivity contribution in [2.75, 3.05) is 6.61 Å². The fraction of sp³-hybridized carbons (Fsp3) is 0.562. The smallest absolute Gasteiger partial charge is 0.429 e. The first-order chi connectivity index (χ1) is 12.1. The van der Waals surface area contributed by atoms with E-state index in [0.29, 0.717) is 0 Å². The minimum atomic E-state index is -0.887. The van der Waals surface area contributed by atoms with Crippen molar-refractivity contribution in [1.82, 2.24) is 9.55 Å². The summed E-state index contributed by atoms with van der Waals surface area (Å²) in [7, 11) is 0. The molecule has 1 aromatic rings. The van der Waals surface area contributed by atoms with Crippen LogP contribution in [0.3, 0.4) is 0 Å². The van der Waals surface area contributed by atoms with Gasteiger partial charge in [0.15, 0.2) is 0 Å². The number of hydrogen-bond acceptors (Lipinski definition) is 7. The van der Waals surface area contributed by atoms with E-state index in [2.05, 4.69) is 20.9 Å². The molecular formula is C16H21BrN2O7. The normalized spacial score (nSPS) is 23.3. The topological polar surface area (TPSA) is 120 Å². The van der Waals surface area contributed by atoms with Crippen molar-refractivity contribution < 1.29 is 24.1 Å². The number of H-pyrrole nitrogens is 1. The number of rotatable bonds is 4. The molecular weight excluding hydrogens is 412 g/mol. The summed E-state index contributed by atoms with van der Waals surface area (Å²) in [6, 6.07) is 0. The van der Waals surface area contributed by atoms with Crippen LogP contribution >= 0.6 is 15.9 Å². The average molecular weight is 433 g/mol. The maximum absolute atomic E-state index is 12.1. The third-order valence-corrected chi connectivity index (χ3v) is 3.81. The van der Waals surface area contributed by atoms with Crippen molar-refractivity contribution in [3.8, 4) is 0 Å². The predicted octanol–water partition coefficient (Wildman–Crippen LogP) is 1.50. The number of ether oxygens (including phenoxy) is 3. The minimum absolute atomic E-state index is 0.119. The van der Waals surface area contributed by atoms with Crippen molar-refractivity contribution in [3.05, 3.63) is 37.6 Å². The lowest BCUT2D eigenvalue weighted by Crippen LogP contribution is -2.33. The summed E-state index contributed by atoms with van der Waals surface area (Å²) >= 11 is 3.07. The monoisotopic (exact) mass is 432 g/mol. The summed E-state index contributed by atoms with van der Waals surface area (Å²) in [5.74, 6) is 0. The van der Waals surface area contributed by atoms with Gasteiger partial charge in [-0.1, -0.05) is 15.9 Å². The molecule has 26 heavy (non-hydrogen) atoms.